The zero-order chi connectivity index (χ0) is 25.0. The van der Waals surface area contributed by atoms with Crippen molar-refractivity contribution < 1.29 is 29.3 Å². The molecule has 0 unspecified atom stereocenters. The van der Waals surface area contributed by atoms with E-state index in [-0.39, 0.29) is 29.1 Å². The van der Waals surface area contributed by atoms with Gasteiger partial charge < -0.3 is 20.3 Å². The molecule has 0 aliphatic rings. The van der Waals surface area contributed by atoms with E-state index in [1.165, 1.54) is 17.7 Å². The predicted octanol–water partition coefficient (Wildman–Crippen LogP) is 5.45. The number of carboxylic acid groups (broad SMARTS) is 2. The summed E-state index contributed by atoms with van der Waals surface area (Å²) in [5.74, 6) is -2.08. The van der Waals surface area contributed by atoms with Crippen LogP contribution in [0.5, 0.6) is 5.75 Å². The number of unbranched alkanes of at least 4 members (excludes halogenated alkanes) is 2. The Kier molecular flexibility index (Phi) is 9.42. The van der Waals surface area contributed by atoms with Gasteiger partial charge in [-0.05, 0) is 73.6 Å². The van der Waals surface area contributed by atoms with Gasteiger partial charge in [0.15, 0.2) is 0 Å². The van der Waals surface area contributed by atoms with Gasteiger partial charge in [0.25, 0.3) is 0 Å². The maximum Gasteiger partial charge on any atom is 0.335 e. The summed E-state index contributed by atoms with van der Waals surface area (Å²) in [6.45, 7) is 0.657. The normalized spacial score (nSPS) is 10.5. The molecular weight excluding hydrogens is 446 g/mol. The summed E-state index contributed by atoms with van der Waals surface area (Å²) in [5.41, 5.74) is 2.05. The van der Waals surface area contributed by atoms with Crippen molar-refractivity contribution in [3.05, 3.63) is 95.1 Å². The Bertz CT molecular complexity index is 1110. The number of hydrogen-bond donors (Lipinski definition) is 3. The molecule has 182 valence electrons. The molecule has 0 aromatic heterocycles. The Balaban J connectivity index is 1.38. The number of hydrogen-bond acceptors (Lipinski definition) is 4. The fourth-order valence-electron chi connectivity index (χ4n) is 3.62. The highest BCUT2D eigenvalue weighted by Crippen LogP contribution is 2.18. The van der Waals surface area contributed by atoms with E-state index in [1.54, 1.807) is 0 Å². The summed E-state index contributed by atoms with van der Waals surface area (Å²) in [7, 11) is 0. The monoisotopic (exact) mass is 475 g/mol. The van der Waals surface area contributed by atoms with E-state index in [0.29, 0.717) is 13.0 Å². The quantitative estimate of drug-likeness (QED) is 0.284. The molecule has 3 aromatic carbocycles. The van der Waals surface area contributed by atoms with E-state index in [4.69, 9.17) is 14.9 Å². The van der Waals surface area contributed by atoms with E-state index >= 15 is 0 Å². The van der Waals surface area contributed by atoms with Crippen molar-refractivity contribution in [3.63, 3.8) is 0 Å². The summed E-state index contributed by atoms with van der Waals surface area (Å²) in [5, 5.41) is 20.9. The molecule has 1 amide bonds. The van der Waals surface area contributed by atoms with Gasteiger partial charge in [0.05, 0.1) is 17.7 Å². The zero-order valence-corrected chi connectivity index (χ0v) is 19.4. The number of nitrogens with one attached hydrogen (secondary N) is 1. The van der Waals surface area contributed by atoms with Crippen LogP contribution in [0.25, 0.3) is 0 Å². The highest BCUT2D eigenvalue weighted by molar-refractivity contribution is 5.98. The molecule has 3 N–H and O–H groups in total. The average molecular weight is 476 g/mol. The molecule has 0 spiro atoms. The summed E-state index contributed by atoms with van der Waals surface area (Å²) in [6.07, 6.45) is 4.95. The van der Waals surface area contributed by atoms with Crippen molar-refractivity contribution in [2.24, 2.45) is 0 Å². The Morgan fingerprint density at radius 3 is 1.97 bits per heavy atom. The van der Waals surface area contributed by atoms with Crippen molar-refractivity contribution in [1.82, 2.24) is 0 Å². The van der Waals surface area contributed by atoms with Gasteiger partial charge in [0.2, 0.25) is 5.91 Å². The molecule has 35 heavy (non-hydrogen) atoms. The number of benzene rings is 3. The summed E-state index contributed by atoms with van der Waals surface area (Å²) < 4.78 is 5.80. The lowest BCUT2D eigenvalue weighted by Crippen LogP contribution is -2.14. The first-order valence-corrected chi connectivity index (χ1v) is 11.6. The molecule has 0 atom stereocenters. The zero-order valence-electron chi connectivity index (χ0n) is 19.4. The molecule has 0 aliphatic heterocycles. The predicted molar refractivity (Wildman–Crippen MR) is 133 cm³/mol. The molecule has 0 bridgehead atoms. The van der Waals surface area contributed by atoms with Crippen LogP contribution in [0.2, 0.25) is 0 Å². The van der Waals surface area contributed by atoms with Gasteiger partial charge in [-0.1, -0.05) is 42.5 Å². The minimum atomic E-state index is -1.27. The molecule has 3 rings (SSSR count). The number of aromatic carboxylic acids is 2. The van der Waals surface area contributed by atoms with Crippen LogP contribution in [0.4, 0.5) is 5.69 Å². The molecule has 3 aromatic rings. The first-order valence-electron chi connectivity index (χ1n) is 11.6. The van der Waals surface area contributed by atoms with E-state index < -0.39 is 11.9 Å². The highest BCUT2D eigenvalue weighted by Gasteiger charge is 2.13. The van der Waals surface area contributed by atoms with Gasteiger partial charge in [-0.2, -0.15) is 0 Å². The number of anilines is 1. The maximum atomic E-state index is 12.3. The van der Waals surface area contributed by atoms with Crippen molar-refractivity contribution in [2.45, 2.75) is 38.5 Å². The van der Waals surface area contributed by atoms with Crippen LogP contribution in [0.1, 0.15) is 57.5 Å². The number of carbonyl (C=O) groups excluding carboxylic acids is 1. The van der Waals surface area contributed by atoms with Crippen LogP contribution in [0.15, 0.2) is 72.8 Å². The van der Waals surface area contributed by atoms with Crippen LogP contribution in [0, 0.1) is 0 Å². The van der Waals surface area contributed by atoms with Crippen molar-refractivity contribution in [2.75, 3.05) is 11.9 Å². The minimum Gasteiger partial charge on any atom is -0.494 e. The topological polar surface area (TPSA) is 113 Å². The van der Waals surface area contributed by atoms with Gasteiger partial charge in [-0.15, -0.1) is 0 Å². The Morgan fingerprint density at radius 2 is 1.34 bits per heavy atom. The first-order chi connectivity index (χ1) is 16.9. The molecular formula is C28H29NO6. The van der Waals surface area contributed by atoms with Crippen molar-refractivity contribution in [1.29, 1.82) is 0 Å². The van der Waals surface area contributed by atoms with Crippen molar-refractivity contribution in [3.8, 4) is 5.75 Å². The molecule has 0 heterocycles. The lowest BCUT2D eigenvalue weighted by molar-refractivity contribution is -0.116. The van der Waals surface area contributed by atoms with Gasteiger partial charge in [-0.3, -0.25) is 4.79 Å². The van der Waals surface area contributed by atoms with Gasteiger partial charge >= 0.3 is 11.9 Å². The second-order valence-electron chi connectivity index (χ2n) is 8.25. The lowest BCUT2D eigenvalue weighted by Gasteiger charge is -2.09. The second kappa shape index (κ2) is 12.9. The number of amides is 1. The van der Waals surface area contributed by atoms with Crippen LogP contribution < -0.4 is 10.1 Å². The summed E-state index contributed by atoms with van der Waals surface area (Å²) in [4.78, 5) is 34.7. The third-order valence-corrected chi connectivity index (χ3v) is 5.50. The molecule has 7 heteroatoms. The lowest BCUT2D eigenvalue weighted by atomic mass is 10.1. The Hall–Kier alpha value is -4.13. The average Bonchev–Trinajstić information content (AvgIpc) is 2.86. The fourth-order valence-corrected chi connectivity index (χ4v) is 3.62. The number of ether oxygens (including phenoxy) is 1. The van der Waals surface area contributed by atoms with Crippen LogP contribution >= 0.6 is 0 Å². The van der Waals surface area contributed by atoms with E-state index in [9.17, 15) is 14.4 Å². The summed E-state index contributed by atoms with van der Waals surface area (Å²) in [6, 6.07) is 21.5. The standard InChI is InChI=1S/C28H29NO6/c30-26(29-24-18-22(27(31)32)17-23(19-24)28(33)34)15-12-21-10-13-25(14-11-21)35-16-6-2-5-9-20-7-3-1-4-8-20/h1,3-4,7-8,10-11,13-14,17-19H,2,5-6,9,12,15-16H2,(H,29,30)(H,31,32)(H,33,34). The minimum absolute atomic E-state index is 0.139. The van der Waals surface area contributed by atoms with E-state index in [2.05, 4.69) is 29.6 Å². The number of rotatable bonds is 13. The first kappa shape index (κ1) is 25.5. The highest BCUT2D eigenvalue weighted by atomic mass is 16.5. The Labute approximate surface area is 204 Å². The van der Waals surface area contributed by atoms with E-state index in [1.807, 2.05) is 30.3 Å². The Morgan fingerprint density at radius 1 is 0.714 bits per heavy atom. The van der Waals surface area contributed by atoms with Gasteiger partial charge in [0, 0.05) is 12.1 Å². The second-order valence-corrected chi connectivity index (χ2v) is 8.25. The smallest absolute Gasteiger partial charge is 0.335 e. The third kappa shape index (κ3) is 8.62. The number of aryl methyl sites for hydroxylation is 2. The molecule has 0 fully saturated rings. The largest absolute Gasteiger partial charge is 0.494 e. The number of carbonyl (C=O) groups is 3. The molecule has 0 radical (unpaired) electrons. The van der Waals surface area contributed by atoms with Crippen molar-refractivity contribution >= 4 is 23.5 Å². The maximum absolute atomic E-state index is 12.3. The number of carboxylic acids is 2. The van der Waals surface area contributed by atoms with Gasteiger partial charge in [0.1, 0.15) is 5.75 Å². The molecule has 0 saturated heterocycles. The SMILES string of the molecule is O=C(CCc1ccc(OCCCCCc2ccccc2)cc1)Nc1cc(C(=O)O)cc(C(=O)O)c1. The van der Waals surface area contributed by atoms with E-state index in [0.717, 1.165) is 43.1 Å². The third-order valence-electron chi connectivity index (χ3n) is 5.50. The van der Waals surface area contributed by atoms with Gasteiger partial charge in [-0.25, -0.2) is 9.59 Å². The van der Waals surface area contributed by atoms with Crippen LogP contribution in [-0.4, -0.2) is 34.7 Å². The molecule has 7 nitrogen and oxygen atoms in total. The fraction of sp³-hybridized carbons (Fsp3) is 0.250. The summed E-state index contributed by atoms with van der Waals surface area (Å²) >= 11 is 0. The van der Waals surface area contributed by atoms with Crippen LogP contribution in [-0.2, 0) is 17.6 Å². The molecule has 0 saturated carbocycles. The van der Waals surface area contributed by atoms with Crippen LogP contribution in [0.3, 0.4) is 0 Å². The molecule has 0 aliphatic carbocycles.